The number of fused-ring (bicyclic) bond motifs is 2. The van der Waals surface area contributed by atoms with E-state index in [-0.39, 0.29) is 0 Å². The van der Waals surface area contributed by atoms with Crippen molar-refractivity contribution in [2.75, 3.05) is 0 Å². The minimum atomic E-state index is 0.674. The molecule has 0 N–H and O–H groups in total. The normalized spacial score (nSPS) is 15.5. The highest BCUT2D eigenvalue weighted by Gasteiger charge is 2.14. The zero-order chi connectivity index (χ0) is 15.7. The van der Waals surface area contributed by atoms with Crippen LogP contribution in [0.5, 0.6) is 0 Å². The van der Waals surface area contributed by atoms with Crippen molar-refractivity contribution >= 4 is 0 Å². The van der Waals surface area contributed by atoms with Crippen molar-refractivity contribution in [1.29, 1.82) is 0 Å². The first-order chi connectivity index (χ1) is 10.6. The Bertz CT molecular complexity index is 679. The van der Waals surface area contributed by atoms with Crippen molar-refractivity contribution in [3.63, 3.8) is 0 Å². The molecule has 1 unspecified atom stereocenters. The number of benzene rings is 2. The molecule has 0 saturated carbocycles. The minimum absolute atomic E-state index is 0.674. The topological polar surface area (TPSA) is 0 Å². The third-order valence-corrected chi connectivity index (χ3v) is 5.56. The summed E-state index contributed by atoms with van der Waals surface area (Å²) >= 11 is 0. The highest BCUT2D eigenvalue weighted by atomic mass is 14.2. The van der Waals surface area contributed by atoms with Crippen molar-refractivity contribution in [1.82, 2.24) is 0 Å². The summed E-state index contributed by atoms with van der Waals surface area (Å²) in [7, 11) is 0. The van der Waals surface area contributed by atoms with Crippen LogP contribution in [0.1, 0.15) is 65.1 Å². The molecular formula is C22H28. The molecule has 0 amide bonds. The average Bonchev–Trinajstić information content (AvgIpc) is 2.52. The number of hydrogen-bond donors (Lipinski definition) is 0. The molecular weight excluding hydrogens is 264 g/mol. The summed E-state index contributed by atoms with van der Waals surface area (Å²) in [6.45, 7) is 9.10. The van der Waals surface area contributed by atoms with Crippen LogP contribution in [0.2, 0.25) is 0 Å². The van der Waals surface area contributed by atoms with E-state index in [1.807, 2.05) is 0 Å². The molecule has 1 atom stereocenters. The molecule has 0 heterocycles. The van der Waals surface area contributed by atoms with E-state index in [0.29, 0.717) is 5.92 Å². The lowest BCUT2D eigenvalue weighted by molar-refractivity contribution is 0.728. The Hall–Kier alpha value is -1.56. The fourth-order valence-electron chi connectivity index (χ4n) is 3.60. The molecule has 0 nitrogen and oxygen atoms in total. The first-order valence-electron chi connectivity index (χ1n) is 8.79. The first kappa shape index (κ1) is 15.3. The van der Waals surface area contributed by atoms with Gasteiger partial charge in [0.1, 0.15) is 0 Å². The molecule has 0 radical (unpaired) electrons. The van der Waals surface area contributed by atoms with Crippen LogP contribution in [0, 0.1) is 13.8 Å². The van der Waals surface area contributed by atoms with E-state index in [1.54, 1.807) is 22.3 Å². The molecule has 0 fully saturated rings. The first-order valence-corrected chi connectivity index (χ1v) is 8.79. The second-order valence-corrected chi connectivity index (χ2v) is 7.04. The molecule has 116 valence electrons. The molecule has 0 saturated heterocycles. The minimum Gasteiger partial charge on any atom is -0.0648 e. The maximum absolute atomic E-state index is 2.48. The van der Waals surface area contributed by atoms with E-state index in [4.69, 9.17) is 0 Å². The van der Waals surface area contributed by atoms with E-state index in [9.17, 15) is 0 Å². The van der Waals surface area contributed by atoms with Gasteiger partial charge in [-0.25, -0.2) is 0 Å². The Balaban J connectivity index is 1.92. The fourth-order valence-corrected chi connectivity index (χ4v) is 3.60. The summed E-state index contributed by atoms with van der Waals surface area (Å²) < 4.78 is 0. The third-order valence-electron chi connectivity index (χ3n) is 5.56. The lowest BCUT2D eigenvalue weighted by Gasteiger charge is -2.20. The Kier molecular flexibility index (Phi) is 4.38. The van der Waals surface area contributed by atoms with Crippen molar-refractivity contribution in [3.8, 4) is 0 Å². The standard InChI is InChI=1S/C22H28/c1-5-15(2)19-8-6-18-7-9-20-12-16(3)17(4)13-21(20)10-11-22(18)14-19/h6,8,12-15H,5,7,9-11H2,1-4H3. The number of hydrogen-bond acceptors (Lipinski definition) is 0. The summed E-state index contributed by atoms with van der Waals surface area (Å²) in [6.07, 6.45) is 5.97. The molecule has 1 aliphatic carbocycles. The van der Waals surface area contributed by atoms with Gasteiger partial charge in [-0.05, 0) is 90.8 Å². The zero-order valence-electron chi connectivity index (χ0n) is 14.5. The van der Waals surface area contributed by atoms with Crippen molar-refractivity contribution in [2.45, 2.75) is 65.7 Å². The SMILES string of the molecule is CCC(C)c1ccc2c(c1)CCc1cc(C)c(C)cc1CC2. The Morgan fingerprint density at radius 1 is 0.773 bits per heavy atom. The number of rotatable bonds is 2. The van der Waals surface area contributed by atoms with Gasteiger partial charge in [0.15, 0.2) is 0 Å². The van der Waals surface area contributed by atoms with Gasteiger partial charge in [0.25, 0.3) is 0 Å². The Morgan fingerprint density at radius 3 is 1.82 bits per heavy atom. The highest BCUT2D eigenvalue weighted by molar-refractivity contribution is 5.42. The third kappa shape index (κ3) is 2.97. The van der Waals surface area contributed by atoms with Gasteiger partial charge in [0.05, 0.1) is 0 Å². The molecule has 2 aromatic rings. The van der Waals surface area contributed by atoms with Crippen LogP contribution in [-0.2, 0) is 25.7 Å². The van der Waals surface area contributed by atoms with Crippen molar-refractivity contribution in [3.05, 3.63) is 69.3 Å². The molecule has 22 heavy (non-hydrogen) atoms. The van der Waals surface area contributed by atoms with Gasteiger partial charge >= 0.3 is 0 Å². The van der Waals surface area contributed by atoms with Crippen LogP contribution in [0.4, 0.5) is 0 Å². The van der Waals surface area contributed by atoms with Gasteiger partial charge in [-0.2, -0.15) is 0 Å². The predicted molar refractivity (Wildman–Crippen MR) is 95.9 cm³/mol. The molecule has 0 heteroatoms. The van der Waals surface area contributed by atoms with Gasteiger partial charge in [-0.15, -0.1) is 0 Å². The molecule has 0 aromatic heterocycles. The summed E-state index contributed by atoms with van der Waals surface area (Å²) in [5, 5.41) is 0. The smallest absolute Gasteiger partial charge is 0.0193 e. The second kappa shape index (κ2) is 6.28. The van der Waals surface area contributed by atoms with Crippen LogP contribution in [0.3, 0.4) is 0 Å². The maximum atomic E-state index is 2.48. The molecule has 0 aliphatic heterocycles. The van der Waals surface area contributed by atoms with Gasteiger partial charge < -0.3 is 0 Å². The Morgan fingerprint density at radius 2 is 1.27 bits per heavy atom. The van der Waals surface area contributed by atoms with Gasteiger partial charge in [0.2, 0.25) is 0 Å². The van der Waals surface area contributed by atoms with Crippen molar-refractivity contribution < 1.29 is 0 Å². The Labute approximate surface area is 135 Å². The highest BCUT2D eigenvalue weighted by Crippen LogP contribution is 2.27. The summed E-state index contributed by atoms with van der Waals surface area (Å²) in [5.74, 6) is 0.674. The van der Waals surface area contributed by atoms with Crippen molar-refractivity contribution in [2.24, 2.45) is 0 Å². The quantitative estimate of drug-likeness (QED) is 0.666. The van der Waals surface area contributed by atoms with Crippen LogP contribution in [-0.4, -0.2) is 0 Å². The van der Waals surface area contributed by atoms with Gasteiger partial charge in [-0.3, -0.25) is 0 Å². The largest absolute Gasteiger partial charge is 0.0648 e. The fraction of sp³-hybridized carbons (Fsp3) is 0.455. The zero-order valence-corrected chi connectivity index (χ0v) is 14.5. The van der Waals surface area contributed by atoms with Crippen LogP contribution in [0.25, 0.3) is 0 Å². The molecule has 0 spiro atoms. The van der Waals surface area contributed by atoms with E-state index in [0.717, 1.165) is 0 Å². The monoisotopic (exact) mass is 292 g/mol. The number of aryl methyl sites for hydroxylation is 6. The molecule has 3 rings (SSSR count). The lowest BCUT2D eigenvalue weighted by Crippen LogP contribution is -2.08. The molecule has 2 aromatic carbocycles. The van der Waals surface area contributed by atoms with E-state index >= 15 is 0 Å². The maximum Gasteiger partial charge on any atom is -0.0193 e. The average molecular weight is 292 g/mol. The van der Waals surface area contributed by atoms with Gasteiger partial charge in [0, 0.05) is 0 Å². The second-order valence-electron chi connectivity index (χ2n) is 7.04. The predicted octanol–water partition coefficient (Wildman–Crippen LogP) is 5.70. The molecule has 0 bridgehead atoms. The van der Waals surface area contributed by atoms with Gasteiger partial charge in [-0.1, -0.05) is 44.2 Å². The molecule has 1 aliphatic rings. The van der Waals surface area contributed by atoms with Crippen LogP contribution < -0.4 is 0 Å². The van der Waals surface area contributed by atoms with E-state index in [1.165, 1.54) is 48.8 Å². The van der Waals surface area contributed by atoms with Crippen LogP contribution in [0.15, 0.2) is 30.3 Å². The summed E-state index contributed by atoms with van der Waals surface area (Å²) in [5.41, 5.74) is 10.7. The van der Waals surface area contributed by atoms with E-state index < -0.39 is 0 Å². The lowest BCUT2D eigenvalue weighted by atomic mass is 9.85. The van der Waals surface area contributed by atoms with E-state index in [2.05, 4.69) is 58.0 Å². The summed E-state index contributed by atoms with van der Waals surface area (Å²) in [4.78, 5) is 0. The summed E-state index contributed by atoms with van der Waals surface area (Å²) in [6, 6.07) is 12.1. The van der Waals surface area contributed by atoms with Crippen LogP contribution >= 0.6 is 0 Å².